The molecule has 0 aromatic heterocycles. The first-order valence-electron chi connectivity index (χ1n) is 4.94. The molecule has 2 nitrogen and oxygen atoms in total. The second-order valence-corrected chi connectivity index (χ2v) is 2.87. The maximum atomic E-state index is 13.0. The quantitative estimate of drug-likeness (QED) is 0.690. The molecule has 0 aliphatic carbocycles. The van der Waals surface area contributed by atoms with Crippen molar-refractivity contribution in [3.05, 3.63) is 23.5 Å². The fraction of sp³-hybridized carbons (Fsp3) is 0.455. The van der Waals surface area contributed by atoms with Gasteiger partial charge in [-0.2, -0.15) is 0 Å². The summed E-state index contributed by atoms with van der Waals surface area (Å²) in [6.45, 7) is 7.14. The number of hydrogen-bond acceptors (Lipinski definition) is 2. The molecule has 78 valence electrons. The average molecular weight is 197 g/mol. The lowest BCUT2D eigenvalue weighted by atomic mass is 10.2. The van der Waals surface area contributed by atoms with E-state index in [1.54, 1.807) is 13.0 Å². The molecular weight excluding hydrogens is 181 g/mol. The van der Waals surface area contributed by atoms with Crippen LogP contribution in [0, 0.1) is 12.7 Å². The third-order valence-electron chi connectivity index (χ3n) is 1.94. The van der Waals surface area contributed by atoms with Gasteiger partial charge < -0.3 is 10.1 Å². The number of fused-ring (bicyclic) bond motifs is 1. The molecule has 0 saturated heterocycles. The van der Waals surface area contributed by atoms with E-state index in [0.29, 0.717) is 17.9 Å². The number of aryl methyl sites for hydroxylation is 1. The molecule has 1 heterocycles. The normalized spacial score (nSPS) is 12.9. The summed E-state index contributed by atoms with van der Waals surface area (Å²) >= 11 is 0. The van der Waals surface area contributed by atoms with Gasteiger partial charge in [-0.1, -0.05) is 13.8 Å². The van der Waals surface area contributed by atoms with Crippen molar-refractivity contribution in [3.63, 3.8) is 0 Å². The van der Waals surface area contributed by atoms with Crippen LogP contribution in [0.3, 0.4) is 0 Å². The molecule has 0 unspecified atom stereocenters. The predicted octanol–water partition coefficient (Wildman–Crippen LogP) is 2.96. The van der Waals surface area contributed by atoms with Gasteiger partial charge in [-0.15, -0.1) is 0 Å². The Labute approximate surface area is 84.1 Å². The minimum atomic E-state index is -0.211. The van der Waals surface area contributed by atoms with Crippen molar-refractivity contribution >= 4 is 5.69 Å². The summed E-state index contributed by atoms with van der Waals surface area (Å²) < 4.78 is 18.3. The molecule has 1 aromatic carbocycles. The monoisotopic (exact) mass is 197 g/mol. The van der Waals surface area contributed by atoms with Crippen molar-refractivity contribution in [1.82, 2.24) is 0 Å². The van der Waals surface area contributed by atoms with Crippen LogP contribution >= 0.6 is 0 Å². The Morgan fingerprint density at radius 3 is 2.79 bits per heavy atom. The van der Waals surface area contributed by atoms with E-state index in [4.69, 9.17) is 4.74 Å². The molecule has 0 atom stereocenters. The molecule has 0 spiro atoms. The van der Waals surface area contributed by atoms with Crippen LogP contribution in [0.2, 0.25) is 0 Å². The number of hydrogen-bond donors (Lipinski definition) is 1. The average Bonchev–Trinajstić information content (AvgIpc) is 2.23. The zero-order valence-electron chi connectivity index (χ0n) is 8.86. The molecule has 0 radical (unpaired) electrons. The summed E-state index contributed by atoms with van der Waals surface area (Å²) in [4.78, 5) is 0. The minimum Gasteiger partial charge on any atom is -0.489 e. The molecule has 14 heavy (non-hydrogen) atoms. The van der Waals surface area contributed by atoms with Gasteiger partial charge in [0, 0.05) is 12.6 Å². The van der Waals surface area contributed by atoms with E-state index in [-0.39, 0.29) is 5.82 Å². The number of benzene rings is 1. The van der Waals surface area contributed by atoms with Crippen molar-refractivity contribution < 1.29 is 9.13 Å². The van der Waals surface area contributed by atoms with E-state index in [9.17, 15) is 4.39 Å². The summed E-state index contributed by atoms with van der Waals surface area (Å²) in [7, 11) is 0. The molecule has 0 saturated carbocycles. The van der Waals surface area contributed by atoms with E-state index in [1.807, 2.05) is 13.8 Å². The fourth-order valence-corrected chi connectivity index (χ4v) is 1.27. The van der Waals surface area contributed by atoms with E-state index in [0.717, 1.165) is 12.2 Å². The Hall–Kier alpha value is -1.25. The lowest BCUT2D eigenvalue weighted by molar-refractivity contribution is 0.321. The van der Waals surface area contributed by atoms with Crippen molar-refractivity contribution in [1.29, 1.82) is 0 Å². The van der Waals surface area contributed by atoms with Gasteiger partial charge in [0.25, 0.3) is 0 Å². The lowest BCUT2D eigenvalue weighted by Crippen LogP contribution is -2.18. The van der Waals surface area contributed by atoms with Crippen LogP contribution in [-0.4, -0.2) is 13.2 Å². The molecule has 3 heteroatoms. The van der Waals surface area contributed by atoms with Gasteiger partial charge in [0.15, 0.2) is 0 Å². The highest BCUT2D eigenvalue weighted by Crippen LogP contribution is 2.29. The van der Waals surface area contributed by atoms with Crippen molar-refractivity contribution in [2.45, 2.75) is 20.8 Å². The van der Waals surface area contributed by atoms with E-state index < -0.39 is 0 Å². The second kappa shape index (κ2) is 4.84. The van der Waals surface area contributed by atoms with Gasteiger partial charge in [-0.25, -0.2) is 4.39 Å². The SMILES string of the molecule is CC.Cc1cc2c(cc1F)OCCN2. The molecule has 2 rings (SSSR count). The predicted molar refractivity (Wildman–Crippen MR) is 56.5 cm³/mol. The molecular formula is C11H16FNO. The molecule has 1 aromatic rings. The van der Waals surface area contributed by atoms with Crippen molar-refractivity contribution in [2.75, 3.05) is 18.5 Å². The minimum absolute atomic E-state index is 0.211. The molecule has 0 fully saturated rings. The standard InChI is InChI=1S/C9H10FNO.C2H6/c1-6-4-8-9(5-7(6)10)12-3-2-11-8;1-2/h4-5,11H,2-3H2,1H3;1-2H3. The molecule has 0 amide bonds. The largest absolute Gasteiger partial charge is 0.489 e. The van der Waals surface area contributed by atoms with E-state index in [1.165, 1.54) is 6.07 Å². The van der Waals surface area contributed by atoms with Gasteiger partial charge in [0.1, 0.15) is 18.2 Å². The topological polar surface area (TPSA) is 21.3 Å². The summed E-state index contributed by atoms with van der Waals surface area (Å²) in [5, 5.41) is 3.14. The highest BCUT2D eigenvalue weighted by Gasteiger charge is 2.11. The summed E-state index contributed by atoms with van der Waals surface area (Å²) in [5.41, 5.74) is 1.53. The Morgan fingerprint density at radius 2 is 2.07 bits per heavy atom. The Morgan fingerprint density at radius 1 is 1.36 bits per heavy atom. The van der Waals surface area contributed by atoms with Crippen LogP contribution in [0.4, 0.5) is 10.1 Å². The Balaban J connectivity index is 0.000000461. The van der Waals surface area contributed by atoms with Crippen LogP contribution in [0.15, 0.2) is 12.1 Å². The molecule has 0 bridgehead atoms. The van der Waals surface area contributed by atoms with Gasteiger partial charge in [0.05, 0.1) is 5.69 Å². The first-order valence-corrected chi connectivity index (χ1v) is 4.94. The molecule has 1 N–H and O–H groups in total. The third-order valence-corrected chi connectivity index (χ3v) is 1.94. The van der Waals surface area contributed by atoms with Gasteiger partial charge >= 0.3 is 0 Å². The summed E-state index contributed by atoms with van der Waals surface area (Å²) in [6, 6.07) is 3.20. The van der Waals surface area contributed by atoms with Crippen LogP contribution in [0.1, 0.15) is 19.4 Å². The maximum absolute atomic E-state index is 13.0. The third kappa shape index (κ3) is 2.16. The lowest BCUT2D eigenvalue weighted by Gasteiger charge is -2.19. The van der Waals surface area contributed by atoms with Crippen LogP contribution < -0.4 is 10.1 Å². The van der Waals surface area contributed by atoms with Crippen molar-refractivity contribution in [3.8, 4) is 5.75 Å². The number of nitrogens with one attached hydrogen (secondary N) is 1. The van der Waals surface area contributed by atoms with Crippen LogP contribution in [-0.2, 0) is 0 Å². The number of ether oxygens (including phenoxy) is 1. The maximum Gasteiger partial charge on any atom is 0.145 e. The Bertz CT molecular complexity index is 281. The molecule has 1 aliphatic rings. The van der Waals surface area contributed by atoms with Gasteiger partial charge in [-0.05, 0) is 18.6 Å². The number of anilines is 1. The fourth-order valence-electron chi connectivity index (χ4n) is 1.27. The highest BCUT2D eigenvalue weighted by molar-refractivity contribution is 5.59. The van der Waals surface area contributed by atoms with Crippen molar-refractivity contribution in [2.24, 2.45) is 0 Å². The van der Waals surface area contributed by atoms with Gasteiger partial charge in [-0.3, -0.25) is 0 Å². The highest BCUT2D eigenvalue weighted by atomic mass is 19.1. The van der Waals surface area contributed by atoms with Crippen LogP contribution in [0.25, 0.3) is 0 Å². The number of halogens is 1. The summed E-state index contributed by atoms with van der Waals surface area (Å²) in [6.07, 6.45) is 0. The smallest absolute Gasteiger partial charge is 0.145 e. The van der Waals surface area contributed by atoms with E-state index in [2.05, 4.69) is 5.32 Å². The first kappa shape index (κ1) is 10.8. The van der Waals surface area contributed by atoms with Gasteiger partial charge in [0.2, 0.25) is 0 Å². The Kier molecular flexibility index (Phi) is 3.74. The second-order valence-electron chi connectivity index (χ2n) is 2.87. The van der Waals surface area contributed by atoms with Crippen LogP contribution in [0.5, 0.6) is 5.75 Å². The number of rotatable bonds is 0. The van der Waals surface area contributed by atoms with E-state index >= 15 is 0 Å². The molecule has 1 aliphatic heterocycles. The zero-order chi connectivity index (χ0) is 10.6. The zero-order valence-corrected chi connectivity index (χ0v) is 8.86. The summed E-state index contributed by atoms with van der Waals surface area (Å²) in [5.74, 6) is 0.404. The first-order chi connectivity index (χ1) is 6.77.